The maximum atomic E-state index is 12.2. The Bertz CT molecular complexity index is 861. The Hall–Kier alpha value is -2.37. The smallest absolute Gasteiger partial charge is 0.422 e. The Labute approximate surface area is 196 Å². The van der Waals surface area contributed by atoms with Gasteiger partial charge in [0.05, 0.1) is 13.2 Å². The van der Waals surface area contributed by atoms with E-state index in [9.17, 15) is 13.2 Å². The van der Waals surface area contributed by atoms with Crippen molar-refractivity contribution >= 4 is 29.9 Å². The molecule has 0 spiro atoms. The number of hydrogen-bond acceptors (Lipinski definition) is 4. The number of aliphatic imine (C=N–C) groups is 1. The number of benzene rings is 2. The average Bonchev–Trinajstić information content (AvgIpc) is 2.97. The molecule has 0 saturated carbocycles. The van der Waals surface area contributed by atoms with Crippen LogP contribution >= 0.6 is 24.0 Å². The first kappa shape index (κ1) is 24.9. The Kier molecular flexibility index (Phi) is 9.53. The third-order valence-corrected chi connectivity index (χ3v) is 4.28. The van der Waals surface area contributed by atoms with E-state index >= 15 is 0 Å². The third kappa shape index (κ3) is 8.35. The molecule has 2 aromatic rings. The average molecular weight is 551 g/mol. The summed E-state index contributed by atoms with van der Waals surface area (Å²) >= 11 is 0. The summed E-state index contributed by atoms with van der Waals surface area (Å²) in [5, 5.41) is 6.39. The highest BCUT2D eigenvalue weighted by Crippen LogP contribution is 2.30. The van der Waals surface area contributed by atoms with Gasteiger partial charge in [-0.05, 0) is 35.4 Å². The third-order valence-electron chi connectivity index (χ3n) is 4.28. The molecule has 1 heterocycles. The monoisotopic (exact) mass is 551 g/mol. The Morgan fingerprint density at radius 1 is 0.968 bits per heavy atom. The number of rotatable bonds is 6. The highest BCUT2D eigenvalue weighted by Gasteiger charge is 2.28. The normalized spacial score (nSPS) is 13.6. The van der Waals surface area contributed by atoms with E-state index in [1.807, 2.05) is 18.2 Å². The van der Waals surface area contributed by atoms with Gasteiger partial charge in [-0.15, -0.1) is 24.0 Å². The van der Waals surface area contributed by atoms with Crippen molar-refractivity contribution < 1.29 is 27.4 Å². The first-order chi connectivity index (χ1) is 14.4. The maximum absolute atomic E-state index is 12.2. The second-order valence-corrected chi connectivity index (χ2v) is 6.66. The highest BCUT2D eigenvalue weighted by atomic mass is 127. The molecular weight excluding hydrogens is 526 g/mol. The van der Waals surface area contributed by atoms with Crippen molar-refractivity contribution in [3.8, 4) is 17.2 Å². The zero-order valence-electron chi connectivity index (χ0n) is 17.0. The summed E-state index contributed by atoms with van der Waals surface area (Å²) < 4.78 is 52.6. The number of fused-ring (bicyclic) bond motifs is 1. The molecule has 0 aliphatic carbocycles. The van der Waals surface area contributed by atoms with Crippen LogP contribution in [0.2, 0.25) is 0 Å². The second-order valence-electron chi connectivity index (χ2n) is 6.66. The largest absolute Gasteiger partial charge is 0.490 e. The second kappa shape index (κ2) is 11.9. The minimum absolute atomic E-state index is 0. The van der Waals surface area contributed by atoms with Gasteiger partial charge in [-0.3, -0.25) is 4.99 Å². The van der Waals surface area contributed by atoms with Crippen LogP contribution in [0.25, 0.3) is 0 Å². The van der Waals surface area contributed by atoms with E-state index in [-0.39, 0.29) is 29.7 Å². The van der Waals surface area contributed by atoms with Crippen LogP contribution in [-0.2, 0) is 13.1 Å². The zero-order chi connectivity index (χ0) is 21.4. The lowest BCUT2D eigenvalue weighted by Gasteiger charge is -2.14. The molecule has 0 fully saturated rings. The molecule has 170 valence electrons. The van der Waals surface area contributed by atoms with Gasteiger partial charge in [-0.1, -0.05) is 18.2 Å². The van der Waals surface area contributed by atoms with Crippen molar-refractivity contribution in [2.24, 2.45) is 4.99 Å². The van der Waals surface area contributed by atoms with Gasteiger partial charge >= 0.3 is 6.18 Å². The van der Waals surface area contributed by atoms with Gasteiger partial charge in [-0.25, -0.2) is 0 Å². The highest BCUT2D eigenvalue weighted by molar-refractivity contribution is 14.0. The number of alkyl halides is 3. The van der Waals surface area contributed by atoms with Crippen molar-refractivity contribution in [2.75, 3.05) is 26.9 Å². The molecule has 1 aliphatic heterocycles. The van der Waals surface area contributed by atoms with Gasteiger partial charge in [0.25, 0.3) is 0 Å². The van der Waals surface area contributed by atoms with Crippen molar-refractivity contribution in [1.82, 2.24) is 10.6 Å². The summed E-state index contributed by atoms with van der Waals surface area (Å²) in [6.45, 7) is 0.978. The van der Waals surface area contributed by atoms with E-state index in [2.05, 4.69) is 15.6 Å². The summed E-state index contributed by atoms with van der Waals surface area (Å²) in [5.74, 6) is 2.26. The molecule has 0 aromatic heterocycles. The minimum Gasteiger partial charge on any atom is -0.490 e. The quantitative estimate of drug-likeness (QED) is 0.319. The standard InChI is InChI=1S/C21H24F3N3O3.HI/c1-25-20(26-12-15-3-6-17(7-4-15)30-14-21(22,23)24)27-13-16-5-8-18-19(11-16)29-10-2-9-28-18;/h3-8,11H,2,9-10,12-14H2,1H3,(H2,25,26,27);1H. The van der Waals surface area contributed by atoms with Crippen LogP contribution < -0.4 is 24.8 Å². The first-order valence-corrected chi connectivity index (χ1v) is 9.54. The van der Waals surface area contributed by atoms with E-state index in [0.717, 1.165) is 29.0 Å². The molecule has 0 unspecified atom stereocenters. The van der Waals surface area contributed by atoms with Gasteiger partial charge in [0.15, 0.2) is 24.1 Å². The Balaban J connectivity index is 0.00000341. The van der Waals surface area contributed by atoms with E-state index in [1.54, 1.807) is 19.2 Å². The fourth-order valence-electron chi connectivity index (χ4n) is 2.78. The molecule has 31 heavy (non-hydrogen) atoms. The summed E-state index contributed by atoms with van der Waals surface area (Å²) in [4.78, 5) is 4.18. The summed E-state index contributed by atoms with van der Waals surface area (Å²) in [6, 6.07) is 12.2. The van der Waals surface area contributed by atoms with Crippen LogP contribution in [0.15, 0.2) is 47.5 Å². The zero-order valence-corrected chi connectivity index (χ0v) is 19.3. The van der Waals surface area contributed by atoms with Crippen molar-refractivity contribution in [1.29, 1.82) is 0 Å². The fraction of sp³-hybridized carbons (Fsp3) is 0.381. The molecule has 0 bridgehead atoms. The van der Waals surface area contributed by atoms with Crippen LogP contribution in [0.3, 0.4) is 0 Å². The van der Waals surface area contributed by atoms with E-state index in [1.165, 1.54) is 12.1 Å². The number of nitrogens with one attached hydrogen (secondary N) is 2. The topological polar surface area (TPSA) is 64.1 Å². The first-order valence-electron chi connectivity index (χ1n) is 9.54. The van der Waals surface area contributed by atoms with Crippen molar-refractivity contribution in [3.05, 3.63) is 53.6 Å². The predicted molar refractivity (Wildman–Crippen MR) is 122 cm³/mol. The van der Waals surface area contributed by atoms with Crippen molar-refractivity contribution in [2.45, 2.75) is 25.7 Å². The van der Waals surface area contributed by atoms with Crippen LogP contribution in [0.4, 0.5) is 13.2 Å². The lowest BCUT2D eigenvalue weighted by molar-refractivity contribution is -0.153. The van der Waals surface area contributed by atoms with Crippen molar-refractivity contribution in [3.63, 3.8) is 0 Å². The summed E-state index contributed by atoms with van der Waals surface area (Å²) in [6.07, 6.45) is -3.50. The Morgan fingerprint density at radius 2 is 1.58 bits per heavy atom. The molecule has 0 radical (unpaired) electrons. The SMILES string of the molecule is CN=C(NCc1ccc(OCC(F)(F)F)cc1)NCc1ccc2c(c1)OCCCO2.I. The molecule has 6 nitrogen and oxygen atoms in total. The molecule has 0 saturated heterocycles. The summed E-state index contributed by atoms with van der Waals surface area (Å²) in [7, 11) is 1.66. The minimum atomic E-state index is -4.35. The molecule has 3 rings (SSSR count). The van der Waals surface area contributed by atoms with Gasteiger partial charge in [0, 0.05) is 26.6 Å². The lowest BCUT2D eigenvalue weighted by atomic mass is 10.2. The molecule has 0 atom stereocenters. The van der Waals surface area contributed by atoms with Gasteiger partial charge in [0.2, 0.25) is 0 Å². The molecular formula is C21H25F3IN3O3. The Morgan fingerprint density at radius 3 is 2.23 bits per heavy atom. The van der Waals surface area contributed by atoms with Crippen LogP contribution in [0.1, 0.15) is 17.5 Å². The van der Waals surface area contributed by atoms with Crippen LogP contribution in [0, 0.1) is 0 Å². The summed E-state index contributed by atoms with van der Waals surface area (Å²) in [5.41, 5.74) is 1.90. The van der Waals surface area contributed by atoms with Gasteiger partial charge < -0.3 is 24.8 Å². The molecule has 10 heteroatoms. The molecule has 1 aliphatic rings. The number of hydrogen-bond donors (Lipinski definition) is 2. The number of guanidine groups is 1. The fourth-order valence-corrected chi connectivity index (χ4v) is 2.78. The van der Waals surface area contributed by atoms with Gasteiger partial charge in [-0.2, -0.15) is 13.2 Å². The van der Waals surface area contributed by atoms with Gasteiger partial charge in [0.1, 0.15) is 5.75 Å². The van der Waals surface area contributed by atoms with E-state index in [0.29, 0.717) is 32.3 Å². The number of halogens is 4. The molecule has 2 N–H and O–H groups in total. The van der Waals surface area contributed by atoms with Crippen LogP contribution in [-0.4, -0.2) is 39.0 Å². The predicted octanol–water partition coefficient (Wildman–Crippen LogP) is 4.27. The molecule has 2 aromatic carbocycles. The van der Waals surface area contributed by atoms with Crippen LogP contribution in [0.5, 0.6) is 17.2 Å². The number of nitrogens with zero attached hydrogens (tertiary/aromatic N) is 1. The number of ether oxygens (including phenoxy) is 3. The van der Waals surface area contributed by atoms with E-state index in [4.69, 9.17) is 14.2 Å². The molecule has 0 amide bonds. The lowest BCUT2D eigenvalue weighted by Crippen LogP contribution is -2.36. The maximum Gasteiger partial charge on any atom is 0.422 e. The van der Waals surface area contributed by atoms with E-state index < -0.39 is 12.8 Å².